The zero-order valence-corrected chi connectivity index (χ0v) is 30.3. The van der Waals surface area contributed by atoms with Gasteiger partial charge in [0.1, 0.15) is 12.3 Å². The number of nitrogens with one attached hydrogen (secondary N) is 4. The van der Waals surface area contributed by atoms with E-state index in [9.17, 15) is 42.3 Å². The van der Waals surface area contributed by atoms with Crippen molar-refractivity contribution in [1.82, 2.24) is 30.6 Å². The fraction of sp³-hybridized carbons (Fsp3) is 0.515. The summed E-state index contributed by atoms with van der Waals surface area (Å²) in [7, 11) is 1.09. The summed E-state index contributed by atoms with van der Waals surface area (Å²) in [6.45, 7) is 6.90. The van der Waals surface area contributed by atoms with Gasteiger partial charge in [-0.25, -0.2) is 14.8 Å². The number of aromatic amines is 1. The largest absolute Gasteiger partial charge is 0.471 e. The van der Waals surface area contributed by atoms with Gasteiger partial charge in [0.2, 0.25) is 11.9 Å². The number of aliphatic hydroxyl groups excluding tert-OH is 1. The van der Waals surface area contributed by atoms with Crippen LogP contribution in [0.15, 0.2) is 35.3 Å². The van der Waals surface area contributed by atoms with Crippen LogP contribution in [0, 0.1) is 5.92 Å². The minimum atomic E-state index is -5.32. The summed E-state index contributed by atoms with van der Waals surface area (Å²) in [5.74, 6) is -5.63. The number of hydrogen-bond donors (Lipinski definition) is 6. The standard InChI is InChI=1S/C33H44F3N9O9/c1-18(2)26(47)43-31-42-25-24(28(49)44-31)40-20(16-39-25)17-45(30(51)33(34,35)36)21-8-6-19(7-9-21)27(48)41-22(29(50)52-5)10-11-23(46)38-13-15-54-32(3,4)53-14-12-37/h6-9,16,18,22,26,47H,10-15,17,37H2,1-5H3,(H,38,46)(H,41,48)(H2,39,42,43,44,49)/t22-,26?/m0/s1. The van der Waals surface area contributed by atoms with E-state index in [1.807, 2.05) is 0 Å². The van der Waals surface area contributed by atoms with Gasteiger partial charge >= 0.3 is 18.1 Å². The van der Waals surface area contributed by atoms with Crippen LogP contribution in [0.5, 0.6) is 0 Å². The number of carbonyl (C=O) groups excluding carboxylic acids is 4. The third-order valence-corrected chi connectivity index (χ3v) is 7.53. The van der Waals surface area contributed by atoms with E-state index >= 15 is 0 Å². The van der Waals surface area contributed by atoms with Crippen molar-refractivity contribution in [2.75, 3.05) is 43.6 Å². The number of alkyl halides is 3. The third-order valence-electron chi connectivity index (χ3n) is 7.53. The second-order valence-electron chi connectivity index (χ2n) is 12.5. The van der Waals surface area contributed by atoms with Gasteiger partial charge in [0, 0.05) is 30.8 Å². The van der Waals surface area contributed by atoms with Crippen LogP contribution in [0.25, 0.3) is 11.2 Å². The van der Waals surface area contributed by atoms with E-state index in [4.69, 9.17) is 19.9 Å². The van der Waals surface area contributed by atoms with Gasteiger partial charge in [0.15, 0.2) is 17.0 Å². The second-order valence-corrected chi connectivity index (χ2v) is 12.5. The molecule has 7 N–H and O–H groups in total. The van der Waals surface area contributed by atoms with Crippen molar-refractivity contribution in [3.05, 3.63) is 52.1 Å². The molecule has 3 aromatic rings. The number of methoxy groups -OCH3 is 1. The fourth-order valence-electron chi connectivity index (χ4n) is 4.62. The Labute approximate surface area is 307 Å². The molecule has 0 fully saturated rings. The molecular formula is C33H44F3N9O9. The molecule has 54 heavy (non-hydrogen) atoms. The molecule has 1 unspecified atom stereocenters. The molecule has 0 saturated carbocycles. The first-order valence-electron chi connectivity index (χ1n) is 16.7. The van der Waals surface area contributed by atoms with Gasteiger partial charge in [-0.15, -0.1) is 0 Å². The molecule has 0 spiro atoms. The average Bonchev–Trinajstić information content (AvgIpc) is 3.12. The predicted molar refractivity (Wildman–Crippen MR) is 187 cm³/mol. The third kappa shape index (κ3) is 12.7. The highest BCUT2D eigenvalue weighted by Crippen LogP contribution is 2.26. The van der Waals surface area contributed by atoms with Gasteiger partial charge in [0.25, 0.3) is 11.5 Å². The number of hydrogen-bond acceptors (Lipinski definition) is 14. The van der Waals surface area contributed by atoms with E-state index < -0.39 is 60.0 Å². The minimum absolute atomic E-state index is 0.0942. The number of esters is 1. The summed E-state index contributed by atoms with van der Waals surface area (Å²) in [4.78, 5) is 77.9. The molecule has 2 atom stereocenters. The lowest BCUT2D eigenvalue weighted by Gasteiger charge is -2.25. The van der Waals surface area contributed by atoms with E-state index in [1.54, 1.807) is 27.7 Å². The number of aromatic nitrogens is 4. The number of rotatable bonds is 19. The maximum absolute atomic E-state index is 13.7. The van der Waals surface area contributed by atoms with E-state index in [0.29, 0.717) is 11.4 Å². The van der Waals surface area contributed by atoms with Crippen LogP contribution in [0.2, 0.25) is 0 Å². The van der Waals surface area contributed by atoms with Gasteiger partial charge in [-0.05, 0) is 50.5 Å². The first-order valence-corrected chi connectivity index (χ1v) is 16.7. The Kier molecular flexibility index (Phi) is 15.3. The zero-order chi connectivity index (χ0) is 40.2. The van der Waals surface area contributed by atoms with Crippen LogP contribution in [-0.2, 0) is 35.1 Å². The number of nitrogens with zero attached hydrogens (tertiary/aromatic N) is 4. The predicted octanol–water partition coefficient (Wildman–Crippen LogP) is 1.09. The monoisotopic (exact) mass is 767 g/mol. The van der Waals surface area contributed by atoms with E-state index in [0.717, 1.165) is 37.6 Å². The molecule has 3 amide bonds. The fourth-order valence-corrected chi connectivity index (χ4v) is 4.62. The van der Waals surface area contributed by atoms with Crippen molar-refractivity contribution >= 4 is 46.5 Å². The number of H-pyrrole nitrogens is 1. The number of nitrogens with two attached hydrogens (primary N) is 1. The van der Waals surface area contributed by atoms with Crippen molar-refractivity contribution in [3.8, 4) is 0 Å². The number of amides is 3. The zero-order valence-electron chi connectivity index (χ0n) is 30.3. The summed E-state index contributed by atoms with van der Waals surface area (Å²) in [6.07, 6.45) is -5.66. The number of anilines is 2. The number of ether oxygens (including phenoxy) is 3. The maximum atomic E-state index is 13.7. The molecule has 0 bridgehead atoms. The van der Waals surface area contributed by atoms with Gasteiger partial charge in [-0.2, -0.15) is 18.2 Å². The Bertz CT molecular complexity index is 1820. The van der Waals surface area contributed by atoms with Crippen LogP contribution in [0.3, 0.4) is 0 Å². The Morgan fingerprint density at radius 2 is 1.72 bits per heavy atom. The lowest BCUT2D eigenvalue weighted by molar-refractivity contribution is -0.210. The molecule has 2 aromatic heterocycles. The summed E-state index contributed by atoms with van der Waals surface area (Å²) < 4.78 is 56.9. The Hall–Kier alpha value is -5.25. The van der Waals surface area contributed by atoms with Crippen molar-refractivity contribution in [1.29, 1.82) is 0 Å². The Morgan fingerprint density at radius 1 is 1.06 bits per heavy atom. The second kappa shape index (κ2) is 19.2. The lowest BCUT2D eigenvalue weighted by atomic mass is 10.1. The average molecular weight is 768 g/mol. The number of benzene rings is 1. The number of fused-ring (bicyclic) bond motifs is 1. The van der Waals surface area contributed by atoms with Crippen molar-refractivity contribution in [3.63, 3.8) is 0 Å². The summed E-state index contributed by atoms with van der Waals surface area (Å²) >= 11 is 0. The first kappa shape index (κ1) is 43.2. The van der Waals surface area contributed by atoms with Gasteiger partial charge < -0.3 is 41.0 Å². The van der Waals surface area contributed by atoms with Crippen LogP contribution in [0.1, 0.15) is 56.6 Å². The van der Waals surface area contributed by atoms with Crippen LogP contribution in [0.4, 0.5) is 24.8 Å². The molecule has 0 aliphatic carbocycles. The van der Waals surface area contributed by atoms with Crippen molar-refractivity contribution < 1.29 is 51.7 Å². The highest BCUT2D eigenvalue weighted by atomic mass is 19.4. The molecule has 296 valence electrons. The summed E-state index contributed by atoms with van der Waals surface area (Å²) in [5.41, 5.74) is 3.53. The molecule has 0 aliphatic heterocycles. The van der Waals surface area contributed by atoms with E-state index in [2.05, 4.69) is 35.9 Å². The maximum Gasteiger partial charge on any atom is 0.471 e. The van der Waals surface area contributed by atoms with Crippen molar-refractivity contribution in [2.24, 2.45) is 11.7 Å². The minimum Gasteiger partial charge on any atom is -0.467 e. The topological polar surface area (TPSA) is 253 Å². The van der Waals surface area contributed by atoms with Crippen LogP contribution >= 0.6 is 0 Å². The smallest absolute Gasteiger partial charge is 0.467 e. The SMILES string of the molecule is COC(=O)[C@H](CCC(=O)NCCOC(C)(C)OCCN)NC(=O)c1ccc(N(Cc2cnc3nc(NC(O)C(C)C)[nH]c(=O)c3n2)C(=O)C(F)(F)F)cc1. The quantitative estimate of drug-likeness (QED) is 0.0568. The van der Waals surface area contributed by atoms with Crippen LogP contribution < -0.4 is 32.1 Å². The van der Waals surface area contributed by atoms with E-state index in [1.165, 1.54) is 0 Å². The number of halogens is 3. The Balaban J connectivity index is 1.71. The molecular weight excluding hydrogens is 723 g/mol. The Morgan fingerprint density at radius 3 is 2.33 bits per heavy atom. The summed E-state index contributed by atoms with van der Waals surface area (Å²) in [6, 6.07) is 3.14. The van der Waals surface area contributed by atoms with Crippen LogP contribution in [-0.4, -0.2) is 106 Å². The molecule has 2 heterocycles. The van der Waals surface area contributed by atoms with Crippen molar-refractivity contribution in [2.45, 2.75) is 71.3 Å². The highest BCUT2D eigenvalue weighted by Gasteiger charge is 2.43. The molecule has 0 radical (unpaired) electrons. The van der Waals surface area contributed by atoms with Gasteiger partial charge in [0.05, 0.1) is 38.8 Å². The highest BCUT2D eigenvalue weighted by molar-refractivity contribution is 5.99. The normalized spacial score (nSPS) is 12.9. The number of aliphatic hydroxyl groups is 1. The molecule has 18 nitrogen and oxygen atoms in total. The molecule has 1 aromatic carbocycles. The lowest BCUT2D eigenvalue weighted by Crippen LogP contribution is -2.42. The molecule has 0 saturated heterocycles. The molecule has 0 aliphatic rings. The van der Waals surface area contributed by atoms with E-state index in [-0.39, 0.29) is 72.6 Å². The van der Waals surface area contributed by atoms with Gasteiger partial charge in [-0.3, -0.25) is 29.1 Å². The summed E-state index contributed by atoms with van der Waals surface area (Å²) in [5, 5.41) is 17.7. The molecule has 21 heteroatoms. The van der Waals surface area contributed by atoms with Gasteiger partial charge in [-0.1, -0.05) is 13.8 Å². The molecule has 3 rings (SSSR count). The first-order chi connectivity index (χ1) is 25.3. The number of carbonyl (C=O) groups is 4.